The number of rotatable bonds is 5. The van der Waals surface area contributed by atoms with E-state index in [0.29, 0.717) is 12.0 Å². The summed E-state index contributed by atoms with van der Waals surface area (Å²) in [5.74, 6) is 6.46. The summed E-state index contributed by atoms with van der Waals surface area (Å²) in [6.07, 6.45) is 3.21. The van der Waals surface area contributed by atoms with E-state index in [4.69, 9.17) is 10.6 Å². The van der Waals surface area contributed by atoms with Crippen LogP contribution >= 0.6 is 0 Å². The molecule has 106 valence electrons. The molecule has 0 saturated carbocycles. The molecule has 19 heavy (non-hydrogen) atoms. The van der Waals surface area contributed by atoms with E-state index in [0.717, 1.165) is 32.5 Å². The fourth-order valence-electron chi connectivity index (χ4n) is 3.39. The average molecular weight is 262 g/mol. The van der Waals surface area contributed by atoms with E-state index in [9.17, 15) is 0 Å². The van der Waals surface area contributed by atoms with Gasteiger partial charge in [-0.05, 0) is 24.3 Å². The van der Waals surface area contributed by atoms with Crippen LogP contribution in [0.4, 0.5) is 0 Å². The van der Waals surface area contributed by atoms with Gasteiger partial charge in [-0.3, -0.25) is 11.3 Å². The SMILES string of the molecule is CCC(C)C(NN)C1(c2ccccc2)CCOCC1. The van der Waals surface area contributed by atoms with Gasteiger partial charge in [0.05, 0.1) is 0 Å². The second-order valence-corrected chi connectivity index (χ2v) is 5.66. The molecule has 0 radical (unpaired) electrons. The Balaban J connectivity index is 2.39. The van der Waals surface area contributed by atoms with Crippen LogP contribution in [0.25, 0.3) is 0 Å². The van der Waals surface area contributed by atoms with Crippen molar-refractivity contribution in [1.82, 2.24) is 5.43 Å². The molecule has 1 heterocycles. The zero-order valence-electron chi connectivity index (χ0n) is 12.1. The minimum Gasteiger partial charge on any atom is -0.381 e. The maximum Gasteiger partial charge on any atom is 0.0475 e. The van der Waals surface area contributed by atoms with Crippen molar-refractivity contribution in [1.29, 1.82) is 0 Å². The molecule has 1 aromatic rings. The van der Waals surface area contributed by atoms with Gasteiger partial charge in [0, 0.05) is 24.7 Å². The summed E-state index contributed by atoms with van der Waals surface area (Å²) in [5, 5.41) is 0. The molecule has 2 unspecified atom stereocenters. The van der Waals surface area contributed by atoms with Gasteiger partial charge < -0.3 is 4.74 Å². The molecule has 1 aromatic carbocycles. The van der Waals surface area contributed by atoms with Gasteiger partial charge in [0.25, 0.3) is 0 Å². The molecule has 1 aliphatic rings. The monoisotopic (exact) mass is 262 g/mol. The molecule has 2 atom stereocenters. The number of hydrogen-bond donors (Lipinski definition) is 2. The number of benzene rings is 1. The van der Waals surface area contributed by atoms with E-state index in [1.807, 2.05) is 0 Å². The largest absolute Gasteiger partial charge is 0.381 e. The van der Waals surface area contributed by atoms with Crippen molar-refractivity contribution in [2.45, 2.75) is 44.6 Å². The van der Waals surface area contributed by atoms with Crippen molar-refractivity contribution in [2.24, 2.45) is 11.8 Å². The molecule has 0 aromatic heterocycles. The lowest BCUT2D eigenvalue weighted by Crippen LogP contribution is -2.56. The number of hydrogen-bond acceptors (Lipinski definition) is 3. The first kappa shape index (κ1) is 14.5. The Hall–Kier alpha value is -0.900. The minimum absolute atomic E-state index is 0.101. The Kier molecular flexibility index (Phi) is 4.97. The van der Waals surface area contributed by atoms with Crippen LogP contribution in [0, 0.1) is 5.92 Å². The van der Waals surface area contributed by atoms with Crippen LogP contribution in [0.5, 0.6) is 0 Å². The van der Waals surface area contributed by atoms with Crippen LogP contribution in [-0.4, -0.2) is 19.3 Å². The molecule has 0 bridgehead atoms. The predicted molar refractivity (Wildman–Crippen MR) is 78.7 cm³/mol. The highest BCUT2D eigenvalue weighted by Crippen LogP contribution is 2.40. The highest BCUT2D eigenvalue weighted by molar-refractivity contribution is 5.29. The molecule has 2 rings (SSSR count). The Morgan fingerprint density at radius 3 is 2.42 bits per heavy atom. The molecule has 1 fully saturated rings. The number of nitrogens with one attached hydrogen (secondary N) is 1. The lowest BCUT2D eigenvalue weighted by atomic mass is 9.65. The molecular weight excluding hydrogens is 236 g/mol. The maximum absolute atomic E-state index is 5.91. The number of ether oxygens (including phenoxy) is 1. The van der Waals surface area contributed by atoms with Gasteiger partial charge in [0.2, 0.25) is 0 Å². The molecule has 3 N–H and O–H groups in total. The van der Waals surface area contributed by atoms with Gasteiger partial charge in [-0.15, -0.1) is 0 Å². The Labute approximate surface area is 116 Å². The summed E-state index contributed by atoms with van der Waals surface area (Å²) in [6, 6.07) is 11.1. The van der Waals surface area contributed by atoms with Crippen LogP contribution in [-0.2, 0) is 10.2 Å². The summed E-state index contributed by atoms with van der Waals surface area (Å²) in [4.78, 5) is 0. The van der Waals surface area contributed by atoms with Crippen LogP contribution < -0.4 is 11.3 Å². The van der Waals surface area contributed by atoms with Crippen LogP contribution in [0.1, 0.15) is 38.7 Å². The first-order valence-corrected chi connectivity index (χ1v) is 7.34. The smallest absolute Gasteiger partial charge is 0.0475 e. The fourth-order valence-corrected chi connectivity index (χ4v) is 3.39. The van der Waals surface area contributed by atoms with Gasteiger partial charge in [-0.1, -0.05) is 50.6 Å². The first-order valence-electron chi connectivity index (χ1n) is 7.34. The average Bonchev–Trinajstić information content (AvgIpc) is 2.49. The lowest BCUT2D eigenvalue weighted by Gasteiger charge is -2.46. The van der Waals surface area contributed by atoms with Crippen LogP contribution in [0.3, 0.4) is 0 Å². The summed E-state index contributed by atoms with van der Waals surface area (Å²) in [5.41, 5.74) is 4.60. The van der Waals surface area contributed by atoms with Gasteiger partial charge in [0.1, 0.15) is 0 Å². The molecule has 1 saturated heterocycles. The van der Waals surface area contributed by atoms with Crippen molar-refractivity contribution in [3.05, 3.63) is 35.9 Å². The molecule has 3 heteroatoms. The quantitative estimate of drug-likeness (QED) is 0.633. The van der Waals surface area contributed by atoms with Gasteiger partial charge in [-0.2, -0.15) is 0 Å². The second-order valence-electron chi connectivity index (χ2n) is 5.66. The third-order valence-corrected chi connectivity index (χ3v) is 4.72. The summed E-state index contributed by atoms with van der Waals surface area (Å²) >= 11 is 0. The minimum atomic E-state index is 0.101. The Morgan fingerprint density at radius 2 is 1.89 bits per heavy atom. The highest BCUT2D eigenvalue weighted by Gasteiger charge is 2.43. The molecule has 0 aliphatic carbocycles. The van der Waals surface area contributed by atoms with E-state index in [2.05, 4.69) is 49.6 Å². The predicted octanol–water partition coefficient (Wildman–Crippen LogP) is 2.61. The van der Waals surface area contributed by atoms with Gasteiger partial charge >= 0.3 is 0 Å². The number of nitrogens with two attached hydrogens (primary N) is 1. The van der Waals surface area contributed by atoms with E-state index >= 15 is 0 Å². The Morgan fingerprint density at radius 1 is 1.26 bits per heavy atom. The number of hydrazine groups is 1. The van der Waals surface area contributed by atoms with Crippen molar-refractivity contribution in [2.75, 3.05) is 13.2 Å². The molecule has 3 nitrogen and oxygen atoms in total. The lowest BCUT2D eigenvalue weighted by molar-refractivity contribution is 0.0246. The topological polar surface area (TPSA) is 47.3 Å². The van der Waals surface area contributed by atoms with Crippen molar-refractivity contribution < 1.29 is 4.74 Å². The molecular formula is C16H26N2O. The van der Waals surface area contributed by atoms with Crippen molar-refractivity contribution in [3.63, 3.8) is 0 Å². The van der Waals surface area contributed by atoms with Gasteiger partial charge in [-0.25, -0.2) is 0 Å². The normalized spacial score (nSPS) is 21.8. The zero-order valence-corrected chi connectivity index (χ0v) is 12.1. The van der Waals surface area contributed by atoms with Crippen LogP contribution in [0.15, 0.2) is 30.3 Å². The summed E-state index contributed by atoms with van der Waals surface area (Å²) < 4.78 is 5.59. The second kappa shape index (κ2) is 6.51. The van der Waals surface area contributed by atoms with E-state index in [1.165, 1.54) is 5.56 Å². The van der Waals surface area contributed by atoms with Crippen LogP contribution in [0.2, 0.25) is 0 Å². The molecule has 0 amide bonds. The third kappa shape index (κ3) is 2.83. The molecule has 1 aliphatic heterocycles. The van der Waals surface area contributed by atoms with Crippen molar-refractivity contribution in [3.8, 4) is 0 Å². The molecule has 0 spiro atoms. The fraction of sp³-hybridized carbons (Fsp3) is 0.625. The third-order valence-electron chi connectivity index (χ3n) is 4.72. The highest BCUT2D eigenvalue weighted by atomic mass is 16.5. The zero-order chi connectivity index (χ0) is 13.7. The van der Waals surface area contributed by atoms with E-state index in [-0.39, 0.29) is 5.41 Å². The van der Waals surface area contributed by atoms with E-state index < -0.39 is 0 Å². The standard InChI is InChI=1S/C16H26N2O/c1-3-13(2)15(18-17)16(9-11-19-12-10-16)14-7-5-4-6-8-14/h4-8,13,15,18H,3,9-12,17H2,1-2H3. The maximum atomic E-state index is 5.91. The summed E-state index contributed by atoms with van der Waals surface area (Å²) in [7, 11) is 0. The van der Waals surface area contributed by atoms with Crippen molar-refractivity contribution >= 4 is 0 Å². The van der Waals surface area contributed by atoms with Gasteiger partial charge in [0.15, 0.2) is 0 Å². The summed E-state index contributed by atoms with van der Waals surface area (Å²) in [6.45, 7) is 6.16. The first-order chi connectivity index (χ1) is 9.24. The Bertz CT molecular complexity index is 374. The van der Waals surface area contributed by atoms with E-state index in [1.54, 1.807) is 0 Å².